The summed E-state index contributed by atoms with van der Waals surface area (Å²) in [5.74, 6) is 0.344. The van der Waals surface area contributed by atoms with Gasteiger partial charge in [-0.15, -0.1) is 0 Å². The van der Waals surface area contributed by atoms with Gasteiger partial charge in [-0.05, 0) is 31.2 Å². The van der Waals surface area contributed by atoms with Crippen LogP contribution in [0.5, 0.6) is 5.75 Å². The Kier molecular flexibility index (Phi) is 4.22. The molecule has 0 bridgehead atoms. The maximum atomic E-state index is 13.9. The number of hydrogen-bond donors (Lipinski definition) is 1. The van der Waals surface area contributed by atoms with Crippen molar-refractivity contribution in [1.29, 1.82) is 0 Å². The van der Waals surface area contributed by atoms with Gasteiger partial charge < -0.3 is 10.5 Å². The first kappa shape index (κ1) is 14.0. The third kappa shape index (κ3) is 2.96. The van der Waals surface area contributed by atoms with E-state index in [2.05, 4.69) is 15.9 Å². The van der Waals surface area contributed by atoms with Crippen LogP contribution in [0.2, 0.25) is 0 Å². The molecule has 0 aliphatic rings. The van der Waals surface area contributed by atoms with Crippen molar-refractivity contribution in [2.75, 3.05) is 7.11 Å². The van der Waals surface area contributed by atoms with E-state index in [1.165, 1.54) is 6.07 Å². The Morgan fingerprint density at radius 1 is 1.16 bits per heavy atom. The van der Waals surface area contributed by atoms with E-state index in [-0.39, 0.29) is 5.82 Å². The van der Waals surface area contributed by atoms with E-state index in [9.17, 15) is 4.39 Å². The molecule has 0 aliphatic heterocycles. The zero-order valence-electron chi connectivity index (χ0n) is 10.8. The number of nitrogens with two attached hydrogens (primary N) is 1. The topological polar surface area (TPSA) is 35.2 Å². The Morgan fingerprint density at radius 3 is 2.58 bits per heavy atom. The first-order valence-corrected chi connectivity index (χ1v) is 6.67. The van der Waals surface area contributed by atoms with E-state index in [0.29, 0.717) is 11.3 Å². The molecule has 2 rings (SSSR count). The van der Waals surface area contributed by atoms with Crippen molar-refractivity contribution in [3.05, 3.63) is 63.4 Å². The quantitative estimate of drug-likeness (QED) is 0.928. The molecular weight excluding hydrogens is 309 g/mol. The Hall–Kier alpha value is -1.39. The van der Waals surface area contributed by atoms with Crippen LogP contribution >= 0.6 is 15.9 Å². The van der Waals surface area contributed by atoms with Crippen LogP contribution in [0, 0.1) is 12.7 Å². The molecule has 0 aliphatic carbocycles. The van der Waals surface area contributed by atoms with E-state index in [0.717, 1.165) is 15.6 Å². The number of benzene rings is 2. The SMILES string of the molecule is COc1ccc(Br)cc1C(N)c1cc(C)ccc1F. The Bertz CT molecular complexity index is 601. The second kappa shape index (κ2) is 5.72. The fraction of sp³-hybridized carbons (Fsp3) is 0.200. The maximum absolute atomic E-state index is 13.9. The number of methoxy groups -OCH3 is 1. The molecule has 2 nitrogen and oxygen atoms in total. The lowest BCUT2D eigenvalue weighted by Gasteiger charge is -2.17. The van der Waals surface area contributed by atoms with Gasteiger partial charge in [-0.25, -0.2) is 4.39 Å². The highest BCUT2D eigenvalue weighted by atomic mass is 79.9. The summed E-state index contributed by atoms with van der Waals surface area (Å²) in [6.45, 7) is 1.91. The van der Waals surface area contributed by atoms with Gasteiger partial charge in [0.1, 0.15) is 11.6 Å². The standard InChI is InChI=1S/C15H15BrFNO/c1-9-3-5-13(17)11(7-9)15(18)12-8-10(16)4-6-14(12)19-2/h3-8,15H,18H2,1-2H3. The molecule has 0 aromatic heterocycles. The van der Waals surface area contributed by atoms with Crippen LogP contribution in [0.4, 0.5) is 4.39 Å². The Morgan fingerprint density at radius 2 is 1.89 bits per heavy atom. The zero-order chi connectivity index (χ0) is 14.0. The lowest BCUT2D eigenvalue weighted by Crippen LogP contribution is -2.15. The molecule has 0 saturated heterocycles. The van der Waals surface area contributed by atoms with Crippen molar-refractivity contribution in [3.63, 3.8) is 0 Å². The number of ether oxygens (including phenoxy) is 1. The van der Waals surface area contributed by atoms with Crippen molar-refractivity contribution in [1.82, 2.24) is 0 Å². The van der Waals surface area contributed by atoms with E-state index >= 15 is 0 Å². The van der Waals surface area contributed by atoms with Crippen LogP contribution < -0.4 is 10.5 Å². The third-order valence-electron chi connectivity index (χ3n) is 3.01. The van der Waals surface area contributed by atoms with Crippen LogP contribution in [0.1, 0.15) is 22.7 Å². The van der Waals surface area contributed by atoms with Gasteiger partial charge in [0.15, 0.2) is 0 Å². The Balaban J connectivity index is 2.51. The summed E-state index contributed by atoms with van der Waals surface area (Å²) < 4.78 is 20.1. The van der Waals surface area contributed by atoms with Gasteiger partial charge in [0.2, 0.25) is 0 Å². The highest BCUT2D eigenvalue weighted by Gasteiger charge is 2.18. The second-order valence-corrected chi connectivity index (χ2v) is 5.30. The molecular formula is C15H15BrFNO. The predicted octanol–water partition coefficient (Wildman–Crippen LogP) is 3.95. The smallest absolute Gasteiger partial charge is 0.128 e. The van der Waals surface area contributed by atoms with Crippen LogP contribution in [0.25, 0.3) is 0 Å². The fourth-order valence-electron chi connectivity index (χ4n) is 2.02. The predicted molar refractivity (Wildman–Crippen MR) is 77.9 cm³/mol. The fourth-order valence-corrected chi connectivity index (χ4v) is 2.40. The average Bonchev–Trinajstić information content (AvgIpc) is 2.40. The molecule has 0 amide bonds. The number of hydrogen-bond acceptors (Lipinski definition) is 2. The molecule has 19 heavy (non-hydrogen) atoms. The number of halogens is 2. The van der Waals surface area contributed by atoms with Crippen molar-refractivity contribution in [2.24, 2.45) is 5.73 Å². The van der Waals surface area contributed by atoms with Gasteiger partial charge in [-0.3, -0.25) is 0 Å². The molecule has 1 atom stereocenters. The van der Waals surface area contributed by atoms with E-state index in [1.54, 1.807) is 19.2 Å². The van der Waals surface area contributed by atoms with Crippen LogP contribution in [0.15, 0.2) is 40.9 Å². The van der Waals surface area contributed by atoms with Crippen LogP contribution in [0.3, 0.4) is 0 Å². The monoisotopic (exact) mass is 323 g/mol. The van der Waals surface area contributed by atoms with E-state index in [1.807, 2.05) is 25.1 Å². The molecule has 1 unspecified atom stereocenters. The first-order chi connectivity index (χ1) is 9.02. The minimum Gasteiger partial charge on any atom is -0.496 e. The molecule has 0 spiro atoms. The molecule has 2 aromatic rings. The lowest BCUT2D eigenvalue weighted by atomic mass is 9.97. The normalized spacial score (nSPS) is 12.3. The van der Waals surface area contributed by atoms with Gasteiger partial charge in [0.25, 0.3) is 0 Å². The molecule has 0 fully saturated rings. The van der Waals surface area contributed by atoms with Gasteiger partial charge in [-0.2, -0.15) is 0 Å². The number of aryl methyl sites for hydroxylation is 1. The largest absolute Gasteiger partial charge is 0.496 e. The van der Waals surface area contributed by atoms with Gasteiger partial charge >= 0.3 is 0 Å². The lowest BCUT2D eigenvalue weighted by molar-refractivity contribution is 0.407. The summed E-state index contributed by atoms with van der Waals surface area (Å²) in [5.41, 5.74) is 8.38. The van der Waals surface area contributed by atoms with Crippen molar-refractivity contribution >= 4 is 15.9 Å². The van der Waals surface area contributed by atoms with Crippen molar-refractivity contribution in [2.45, 2.75) is 13.0 Å². The van der Waals surface area contributed by atoms with Gasteiger partial charge in [-0.1, -0.05) is 33.6 Å². The van der Waals surface area contributed by atoms with Crippen molar-refractivity contribution in [3.8, 4) is 5.75 Å². The molecule has 100 valence electrons. The van der Waals surface area contributed by atoms with Gasteiger partial charge in [0.05, 0.1) is 13.2 Å². The summed E-state index contributed by atoms with van der Waals surface area (Å²) in [4.78, 5) is 0. The van der Waals surface area contributed by atoms with E-state index < -0.39 is 6.04 Å². The second-order valence-electron chi connectivity index (χ2n) is 4.39. The summed E-state index contributed by atoms with van der Waals surface area (Å²) >= 11 is 3.39. The molecule has 2 N–H and O–H groups in total. The van der Waals surface area contributed by atoms with E-state index in [4.69, 9.17) is 10.5 Å². The molecule has 0 saturated carbocycles. The van der Waals surface area contributed by atoms with Gasteiger partial charge in [0, 0.05) is 15.6 Å². The molecule has 4 heteroatoms. The summed E-state index contributed by atoms with van der Waals surface area (Å²) in [6.07, 6.45) is 0. The summed E-state index contributed by atoms with van der Waals surface area (Å²) in [7, 11) is 1.58. The zero-order valence-corrected chi connectivity index (χ0v) is 12.4. The number of rotatable bonds is 3. The Labute approximate surface area is 120 Å². The van der Waals surface area contributed by atoms with Crippen molar-refractivity contribution < 1.29 is 9.13 Å². The minimum absolute atomic E-state index is 0.305. The third-order valence-corrected chi connectivity index (χ3v) is 3.51. The molecule has 2 aromatic carbocycles. The van der Waals surface area contributed by atoms with Crippen LogP contribution in [-0.2, 0) is 0 Å². The highest BCUT2D eigenvalue weighted by molar-refractivity contribution is 9.10. The first-order valence-electron chi connectivity index (χ1n) is 5.88. The highest BCUT2D eigenvalue weighted by Crippen LogP contribution is 2.32. The average molecular weight is 324 g/mol. The van der Waals surface area contributed by atoms with Crippen LogP contribution in [-0.4, -0.2) is 7.11 Å². The summed E-state index contributed by atoms with van der Waals surface area (Å²) in [5, 5.41) is 0. The molecule has 0 radical (unpaired) electrons. The maximum Gasteiger partial charge on any atom is 0.128 e. The summed E-state index contributed by atoms with van der Waals surface area (Å²) in [6, 6.07) is 9.89. The molecule has 0 heterocycles. The minimum atomic E-state index is -0.563.